The number of hydrogen-bond acceptors (Lipinski definition) is 5. The first-order valence-corrected chi connectivity index (χ1v) is 8.63. The number of nitrogens with zero attached hydrogens (tertiary/aromatic N) is 2. The zero-order valence-electron chi connectivity index (χ0n) is 15.6. The molecule has 3 aromatic rings. The predicted molar refractivity (Wildman–Crippen MR) is 106 cm³/mol. The Hall–Kier alpha value is -3.41. The number of hydrogen-bond donors (Lipinski definition) is 2. The van der Waals surface area contributed by atoms with Crippen LogP contribution in [0.2, 0.25) is 0 Å². The van der Waals surface area contributed by atoms with Crippen molar-refractivity contribution < 1.29 is 9.53 Å². The number of aryl methyl sites for hydroxylation is 2. The highest BCUT2D eigenvalue weighted by molar-refractivity contribution is 6.03. The Morgan fingerprint density at radius 3 is 2.52 bits per heavy atom. The second kappa shape index (κ2) is 8.31. The molecule has 0 saturated carbocycles. The molecule has 0 spiro atoms. The molecule has 2 N–H and O–H groups in total. The van der Waals surface area contributed by atoms with Gasteiger partial charge in [-0.1, -0.05) is 35.9 Å². The van der Waals surface area contributed by atoms with Gasteiger partial charge in [0.05, 0.1) is 12.8 Å². The van der Waals surface area contributed by atoms with Gasteiger partial charge in [0.1, 0.15) is 11.4 Å². The molecular formula is C21H22N4O2. The van der Waals surface area contributed by atoms with Gasteiger partial charge in [0, 0.05) is 12.7 Å². The van der Waals surface area contributed by atoms with Gasteiger partial charge in [-0.3, -0.25) is 4.79 Å². The number of carbonyl (C=O) groups is 1. The van der Waals surface area contributed by atoms with E-state index in [-0.39, 0.29) is 11.6 Å². The Morgan fingerprint density at radius 2 is 1.78 bits per heavy atom. The van der Waals surface area contributed by atoms with Crippen molar-refractivity contribution in [2.75, 3.05) is 17.7 Å². The van der Waals surface area contributed by atoms with E-state index in [4.69, 9.17) is 4.74 Å². The van der Waals surface area contributed by atoms with Gasteiger partial charge < -0.3 is 15.4 Å². The van der Waals surface area contributed by atoms with E-state index in [9.17, 15) is 4.79 Å². The number of anilines is 2. The number of rotatable bonds is 6. The minimum atomic E-state index is -0.320. The highest BCUT2D eigenvalue weighted by Crippen LogP contribution is 2.25. The summed E-state index contributed by atoms with van der Waals surface area (Å²) in [5.41, 5.74) is 4.23. The maximum absolute atomic E-state index is 12.6. The van der Waals surface area contributed by atoms with E-state index in [1.165, 1.54) is 5.56 Å². The molecule has 6 heteroatoms. The predicted octanol–water partition coefficient (Wildman–Crippen LogP) is 3.97. The fraction of sp³-hybridized carbons (Fsp3) is 0.190. The quantitative estimate of drug-likeness (QED) is 0.694. The van der Waals surface area contributed by atoms with Crippen molar-refractivity contribution in [3.8, 4) is 5.75 Å². The lowest BCUT2D eigenvalue weighted by atomic mass is 10.1. The molecule has 0 unspecified atom stereocenters. The molecule has 1 aromatic heterocycles. The summed E-state index contributed by atoms with van der Waals surface area (Å²) in [4.78, 5) is 21.1. The van der Waals surface area contributed by atoms with Crippen LogP contribution in [0.4, 0.5) is 11.6 Å². The molecular weight excluding hydrogens is 340 g/mol. The first-order chi connectivity index (χ1) is 13.0. The Bertz CT molecular complexity index is 939. The molecule has 2 aromatic carbocycles. The lowest BCUT2D eigenvalue weighted by molar-refractivity contribution is 0.102. The lowest BCUT2D eigenvalue weighted by Crippen LogP contribution is -2.16. The third-order valence-corrected chi connectivity index (χ3v) is 4.06. The molecule has 0 atom stereocenters. The normalized spacial score (nSPS) is 10.3. The third-order valence-electron chi connectivity index (χ3n) is 4.06. The minimum absolute atomic E-state index is 0.278. The Labute approximate surface area is 158 Å². The van der Waals surface area contributed by atoms with Crippen LogP contribution < -0.4 is 15.4 Å². The van der Waals surface area contributed by atoms with E-state index in [0.29, 0.717) is 23.9 Å². The van der Waals surface area contributed by atoms with Gasteiger partial charge in [0.25, 0.3) is 5.91 Å². The third kappa shape index (κ3) is 4.82. The van der Waals surface area contributed by atoms with Gasteiger partial charge in [0.15, 0.2) is 0 Å². The minimum Gasteiger partial charge on any atom is -0.495 e. The standard InChI is InChI=1S/C21H22N4O2/c1-14-4-7-16(8-5-14)13-23-21-22-11-10-17(25-21)20(26)24-18-12-15(2)6-9-19(18)27-3/h4-12H,13H2,1-3H3,(H,24,26)(H,22,23,25). The molecule has 0 radical (unpaired) electrons. The molecule has 0 aliphatic carbocycles. The van der Waals surface area contributed by atoms with Crippen molar-refractivity contribution in [3.05, 3.63) is 77.1 Å². The van der Waals surface area contributed by atoms with E-state index in [0.717, 1.165) is 11.1 Å². The molecule has 27 heavy (non-hydrogen) atoms. The van der Waals surface area contributed by atoms with E-state index < -0.39 is 0 Å². The molecule has 0 aliphatic heterocycles. The summed E-state index contributed by atoms with van der Waals surface area (Å²) in [6.07, 6.45) is 1.56. The molecule has 138 valence electrons. The SMILES string of the molecule is COc1ccc(C)cc1NC(=O)c1ccnc(NCc2ccc(C)cc2)n1. The highest BCUT2D eigenvalue weighted by atomic mass is 16.5. The van der Waals surface area contributed by atoms with Gasteiger partial charge in [-0.05, 0) is 43.2 Å². The van der Waals surface area contributed by atoms with Crippen molar-refractivity contribution in [2.45, 2.75) is 20.4 Å². The van der Waals surface area contributed by atoms with Gasteiger partial charge in [-0.2, -0.15) is 0 Å². The zero-order chi connectivity index (χ0) is 19.2. The Kier molecular flexibility index (Phi) is 5.66. The zero-order valence-corrected chi connectivity index (χ0v) is 15.6. The molecule has 1 amide bonds. The summed E-state index contributed by atoms with van der Waals surface area (Å²) in [7, 11) is 1.57. The number of nitrogens with one attached hydrogen (secondary N) is 2. The number of methoxy groups -OCH3 is 1. The highest BCUT2D eigenvalue weighted by Gasteiger charge is 2.12. The Morgan fingerprint density at radius 1 is 1.04 bits per heavy atom. The maximum atomic E-state index is 12.6. The van der Waals surface area contributed by atoms with Crippen molar-refractivity contribution in [3.63, 3.8) is 0 Å². The van der Waals surface area contributed by atoms with Crippen LogP contribution in [0.1, 0.15) is 27.2 Å². The summed E-state index contributed by atoms with van der Waals surface area (Å²) in [6, 6.07) is 15.4. The van der Waals surface area contributed by atoms with Crippen LogP contribution in [-0.2, 0) is 6.54 Å². The molecule has 1 heterocycles. The van der Waals surface area contributed by atoms with Crippen LogP contribution in [0.25, 0.3) is 0 Å². The number of carbonyl (C=O) groups excluding carboxylic acids is 1. The molecule has 6 nitrogen and oxygen atoms in total. The average Bonchev–Trinajstić information content (AvgIpc) is 2.68. The number of ether oxygens (including phenoxy) is 1. The molecule has 0 fully saturated rings. The van der Waals surface area contributed by atoms with Gasteiger partial charge in [-0.15, -0.1) is 0 Å². The smallest absolute Gasteiger partial charge is 0.274 e. The van der Waals surface area contributed by atoms with Crippen LogP contribution in [0, 0.1) is 13.8 Å². The van der Waals surface area contributed by atoms with Crippen molar-refractivity contribution in [2.24, 2.45) is 0 Å². The molecule has 3 rings (SSSR count). The topological polar surface area (TPSA) is 76.1 Å². The Balaban J connectivity index is 1.70. The van der Waals surface area contributed by atoms with E-state index in [1.807, 2.05) is 44.2 Å². The summed E-state index contributed by atoms with van der Waals surface area (Å²) < 4.78 is 5.30. The largest absolute Gasteiger partial charge is 0.495 e. The number of benzene rings is 2. The summed E-state index contributed by atoms with van der Waals surface area (Å²) in [5, 5.41) is 5.99. The van der Waals surface area contributed by atoms with Gasteiger partial charge in [-0.25, -0.2) is 9.97 Å². The van der Waals surface area contributed by atoms with E-state index in [2.05, 4.69) is 32.7 Å². The summed E-state index contributed by atoms with van der Waals surface area (Å²) in [5.74, 6) is 0.680. The molecule has 0 saturated heterocycles. The second-order valence-corrected chi connectivity index (χ2v) is 6.26. The number of aromatic nitrogens is 2. The van der Waals surface area contributed by atoms with E-state index >= 15 is 0 Å². The first-order valence-electron chi connectivity index (χ1n) is 8.63. The first kappa shape index (κ1) is 18.4. The van der Waals surface area contributed by atoms with Crippen molar-refractivity contribution >= 4 is 17.5 Å². The average molecular weight is 362 g/mol. The number of amides is 1. The van der Waals surface area contributed by atoms with Crippen molar-refractivity contribution in [1.82, 2.24) is 9.97 Å². The lowest BCUT2D eigenvalue weighted by Gasteiger charge is -2.11. The fourth-order valence-corrected chi connectivity index (χ4v) is 2.56. The monoisotopic (exact) mass is 362 g/mol. The van der Waals surface area contributed by atoms with Crippen LogP contribution in [-0.4, -0.2) is 23.0 Å². The van der Waals surface area contributed by atoms with Crippen LogP contribution in [0.5, 0.6) is 5.75 Å². The van der Waals surface area contributed by atoms with Crippen molar-refractivity contribution in [1.29, 1.82) is 0 Å². The van der Waals surface area contributed by atoms with Crippen LogP contribution >= 0.6 is 0 Å². The molecule has 0 bridgehead atoms. The van der Waals surface area contributed by atoms with Gasteiger partial charge >= 0.3 is 0 Å². The van der Waals surface area contributed by atoms with Gasteiger partial charge in [0.2, 0.25) is 5.95 Å². The second-order valence-electron chi connectivity index (χ2n) is 6.26. The maximum Gasteiger partial charge on any atom is 0.274 e. The van der Waals surface area contributed by atoms with E-state index in [1.54, 1.807) is 19.4 Å². The molecule has 0 aliphatic rings. The van der Waals surface area contributed by atoms with Crippen LogP contribution in [0.15, 0.2) is 54.7 Å². The fourth-order valence-electron chi connectivity index (χ4n) is 2.56. The summed E-state index contributed by atoms with van der Waals surface area (Å²) >= 11 is 0. The van der Waals surface area contributed by atoms with Crippen LogP contribution in [0.3, 0.4) is 0 Å². The summed E-state index contributed by atoms with van der Waals surface area (Å²) in [6.45, 7) is 4.58.